The van der Waals surface area contributed by atoms with E-state index in [1.54, 1.807) is 17.8 Å². The molecule has 0 unspecified atom stereocenters. The molecule has 0 saturated carbocycles. The summed E-state index contributed by atoms with van der Waals surface area (Å²) in [6, 6.07) is 11.3. The molecule has 0 saturated heterocycles. The lowest BCUT2D eigenvalue weighted by atomic mass is 10.3. The van der Waals surface area contributed by atoms with Crippen LogP contribution in [0.2, 0.25) is 10.3 Å². The summed E-state index contributed by atoms with van der Waals surface area (Å²) in [6.07, 6.45) is 0. The van der Waals surface area contributed by atoms with Crippen LogP contribution >= 0.6 is 35.0 Å². The summed E-state index contributed by atoms with van der Waals surface area (Å²) in [4.78, 5) is 5.03. The highest BCUT2D eigenvalue weighted by atomic mass is 35.5. The fourth-order valence-corrected chi connectivity index (χ4v) is 2.76. The number of nitrogens with two attached hydrogens (primary N) is 1. The number of hydrogen-bond acceptors (Lipinski definition) is 3. The van der Waals surface area contributed by atoms with Crippen molar-refractivity contribution in [3.63, 3.8) is 0 Å². The highest BCUT2D eigenvalue weighted by Crippen LogP contribution is 2.30. The van der Waals surface area contributed by atoms with Gasteiger partial charge in [0.1, 0.15) is 10.3 Å². The maximum absolute atomic E-state index is 6.00. The first-order valence-electron chi connectivity index (χ1n) is 4.95. The monoisotopic (exact) mass is 284 g/mol. The summed E-state index contributed by atoms with van der Waals surface area (Å²) in [5, 5.41) is 0.850. The van der Waals surface area contributed by atoms with Crippen molar-refractivity contribution in [2.75, 3.05) is 5.73 Å². The molecule has 0 amide bonds. The minimum atomic E-state index is 0.406. The summed E-state index contributed by atoms with van der Waals surface area (Å²) in [5.74, 6) is 0.719. The van der Waals surface area contributed by atoms with Crippen LogP contribution in [0, 0.1) is 0 Å². The first kappa shape index (κ1) is 12.6. The first-order chi connectivity index (χ1) is 8.16. The summed E-state index contributed by atoms with van der Waals surface area (Å²) in [5.41, 5.74) is 7.58. The zero-order valence-electron chi connectivity index (χ0n) is 8.86. The molecule has 0 radical (unpaired) electrons. The number of aromatic nitrogens is 1. The SMILES string of the molecule is Nc1ccccc1SCc1ccc(Cl)nc1Cl. The van der Waals surface area contributed by atoms with Crippen molar-refractivity contribution in [3.8, 4) is 0 Å². The van der Waals surface area contributed by atoms with Crippen LogP contribution in [0.4, 0.5) is 5.69 Å². The highest BCUT2D eigenvalue weighted by molar-refractivity contribution is 7.98. The fraction of sp³-hybridized carbons (Fsp3) is 0.0833. The molecule has 17 heavy (non-hydrogen) atoms. The van der Waals surface area contributed by atoms with Crippen molar-refractivity contribution in [1.82, 2.24) is 4.98 Å². The summed E-state index contributed by atoms with van der Waals surface area (Å²) in [6.45, 7) is 0. The zero-order valence-corrected chi connectivity index (χ0v) is 11.2. The summed E-state index contributed by atoms with van der Waals surface area (Å²) >= 11 is 13.4. The lowest BCUT2D eigenvalue weighted by Crippen LogP contribution is -1.90. The van der Waals surface area contributed by atoms with Gasteiger partial charge in [0.05, 0.1) is 0 Å². The molecule has 1 aromatic heterocycles. The second kappa shape index (κ2) is 5.63. The Labute approximate surface area is 114 Å². The Morgan fingerprint density at radius 3 is 2.59 bits per heavy atom. The number of thioether (sulfide) groups is 1. The van der Waals surface area contributed by atoms with Crippen LogP contribution < -0.4 is 5.73 Å². The average Bonchev–Trinajstić information content (AvgIpc) is 2.30. The number of halogens is 2. The van der Waals surface area contributed by atoms with Crippen LogP contribution in [0.3, 0.4) is 0 Å². The molecule has 1 aromatic carbocycles. The molecule has 0 aliphatic carbocycles. The second-order valence-corrected chi connectivity index (χ2v) is 5.17. The predicted octanol–water partition coefficient (Wildman–Crippen LogP) is 4.26. The number of nitrogens with zero attached hydrogens (tertiary/aromatic N) is 1. The third-order valence-electron chi connectivity index (χ3n) is 2.19. The third kappa shape index (κ3) is 3.28. The lowest BCUT2D eigenvalue weighted by Gasteiger charge is -2.06. The number of pyridine rings is 1. The van der Waals surface area contributed by atoms with Crippen LogP contribution in [-0.2, 0) is 5.75 Å². The summed E-state index contributed by atoms with van der Waals surface area (Å²) < 4.78 is 0. The van der Waals surface area contributed by atoms with Crippen molar-refractivity contribution in [2.24, 2.45) is 0 Å². The molecular weight excluding hydrogens is 275 g/mol. The molecule has 2 N–H and O–H groups in total. The van der Waals surface area contributed by atoms with Gasteiger partial charge in [-0.2, -0.15) is 0 Å². The molecule has 2 nitrogen and oxygen atoms in total. The van der Waals surface area contributed by atoms with Crippen LogP contribution in [0.15, 0.2) is 41.3 Å². The Bertz CT molecular complexity index is 532. The zero-order chi connectivity index (χ0) is 12.3. The number of anilines is 1. The molecule has 2 aromatic rings. The fourth-order valence-electron chi connectivity index (χ4n) is 1.32. The van der Waals surface area contributed by atoms with E-state index in [1.807, 2.05) is 30.3 Å². The van der Waals surface area contributed by atoms with Gasteiger partial charge in [0.25, 0.3) is 0 Å². The average molecular weight is 285 g/mol. The van der Waals surface area contributed by atoms with Gasteiger partial charge in [-0.05, 0) is 23.8 Å². The van der Waals surface area contributed by atoms with E-state index >= 15 is 0 Å². The highest BCUT2D eigenvalue weighted by Gasteiger charge is 2.05. The van der Waals surface area contributed by atoms with Gasteiger partial charge < -0.3 is 5.73 Å². The van der Waals surface area contributed by atoms with Gasteiger partial charge in [-0.25, -0.2) is 4.98 Å². The molecule has 0 atom stereocenters. The van der Waals surface area contributed by atoms with Crippen molar-refractivity contribution in [2.45, 2.75) is 10.6 Å². The van der Waals surface area contributed by atoms with E-state index in [0.717, 1.165) is 21.9 Å². The molecular formula is C12H10Cl2N2S. The maximum Gasteiger partial charge on any atom is 0.134 e. The molecule has 0 spiro atoms. The van der Waals surface area contributed by atoms with Gasteiger partial charge in [-0.3, -0.25) is 0 Å². The minimum Gasteiger partial charge on any atom is -0.398 e. The van der Waals surface area contributed by atoms with Gasteiger partial charge in [-0.1, -0.05) is 41.4 Å². The Morgan fingerprint density at radius 1 is 1.12 bits per heavy atom. The largest absolute Gasteiger partial charge is 0.398 e. The van der Waals surface area contributed by atoms with Gasteiger partial charge in [0.2, 0.25) is 0 Å². The number of para-hydroxylation sites is 1. The van der Waals surface area contributed by atoms with E-state index in [-0.39, 0.29) is 0 Å². The normalized spacial score (nSPS) is 10.5. The van der Waals surface area contributed by atoms with E-state index in [0.29, 0.717) is 10.3 Å². The molecule has 88 valence electrons. The van der Waals surface area contributed by atoms with Crippen molar-refractivity contribution >= 4 is 40.7 Å². The van der Waals surface area contributed by atoms with Gasteiger partial charge >= 0.3 is 0 Å². The van der Waals surface area contributed by atoms with Gasteiger partial charge in [0, 0.05) is 16.3 Å². The molecule has 0 bridgehead atoms. The van der Waals surface area contributed by atoms with Crippen molar-refractivity contribution < 1.29 is 0 Å². The van der Waals surface area contributed by atoms with Crippen molar-refractivity contribution in [1.29, 1.82) is 0 Å². The Balaban J connectivity index is 2.10. The molecule has 5 heteroatoms. The predicted molar refractivity (Wildman–Crippen MR) is 74.7 cm³/mol. The second-order valence-electron chi connectivity index (χ2n) is 3.41. The Kier molecular flexibility index (Phi) is 4.15. The number of hydrogen-bond donors (Lipinski definition) is 1. The Hall–Kier alpha value is -0.900. The molecule has 1 heterocycles. The van der Waals surface area contributed by atoms with Crippen LogP contribution in [0.5, 0.6) is 0 Å². The van der Waals surface area contributed by atoms with E-state index in [4.69, 9.17) is 28.9 Å². The maximum atomic E-state index is 6.00. The van der Waals surface area contributed by atoms with Crippen molar-refractivity contribution in [3.05, 3.63) is 52.3 Å². The van der Waals surface area contributed by atoms with Crippen LogP contribution in [0.1, 0.15) is 5.56 Å². The lowest BCUT2D eigenvalue weighted by molar-refractivity contribution is 1.25. The number of benzene rings is 1. The van der Waals surface area contributed by atoms with E-state index in [1.165, 1.54) is 0 Å². The number of rotatable bonds is 3. The minimum absolute atomic E-state index is 0.406. The van der Waals surface area contributed by atoms with Gasteiger partial charge in [-0.15, -0.1) is 11.8 Å². The van der Waals surface area contributed by atoms with E-state index in [2.05, 4.69) is 4.98 Å². The molecule has 2 rings (SSSR count). The third-order valence-corrected chi connectivity index (χ3v) is 3.87. The number of nitrogen functional groups attached to an aromatic ring is 1. The topological polar surface area (TPSA) is 38.9 Å². The van der Waals surface area contributed by atoms with Crippen LogP contribution in [0.25, 0.3) is 0 Å². The van der Waals surface area contributed by atoms with E-state index < -0.39 is 0 Å². The first-order valence-corrected chi connectivity index (χ1v) is 6.69. The quantitative estimate of drug-likeness (QED) is 0.520. The smallest absolute Gasteiger partial charge is 0.134 e. The standard InChI is InChI=1S/C12H10Cl2N2S/c13-11-6-5-8(12(14)16-11)7-17-10-4-2-1-3-9(10)15/h1-6H,7,15H2. The molecule has 0 aliphatic rings. The molecule has 0 aliphatic heterocycles. The van der Waals surface area contributed by atoms with Crippen LogP contribution in [-0.4, -0.2) is 4.98 Å². The van der Waals surface area contributed by atoms with E-state index in [9.17, 15) is 0 Å². The Morgan fingerprint density at radius 2 is 1.88 bits per heavy atom. The summed E-state index contributed by atoms with van der Waals surface area (Å²) in [7, 11) is 0. The molecule has 0 fully saturated rings. The van der Waals surface area contributed by atoms with Gasteiger partial charge in [0.15, 0.2) is 0 Å².